The van der Waals surface area contributed by atoms with Crippen molar-refractivity contribution in [3.05, 3.63) is 43.9 Å². The zero-order chi connectivity index (χ0) is 10.0. The lowest BCUT2D eigenvalue weighted by atomic mass is 10.2. The average molecular weight is 222 g/mol. The Bertz CT molecular complexity index is 343. The molecule has 13 heavy (non-hydrogen) atoms. The predicted octanol–water partition coefficient (Wildman–Crippen LogP) is 2.26. The average Bonchev–Trinajstić information content (AvgIpc) is 2.08. The number of rotatable bonds is 2. The minimum absolute atomic E-state index is 0.111. The van der Waals surface area contributed by atoms with E-state index in [9.17, 15) is 10.1 Å². The van der Waals surface area contributed by atoms with Crippen molar-refractivity contribution in [2.24, 2.45) is 0 Å². The molecule has 0 spiro atoms. The summed E-state index contributed by atoms with van der Waals surface area (Å²) >= 11 is 11.2. The van der Waals surface area contributed by atoms with Crippen molar-refractivity contribution in [2.45, 2.75) is 6.23 Å². The van der Waals surface area contributed by atoms with Gasteiger partial charge in [-0.3, -0.25) is 10.1 Å². The fraction of sp³-hybridized carbons (Fsp3) is 0.143. The van der Waals surface area contributed by atoms with Gasteiger partial charge < -0.3 is 5.11 Å². The van der Waals surface area contributed by atoms with Gasteiger partial charge in [-0.05, 0) is 18.2 Å². The molecular formula is C7H5Cl2NO3. The molecule has 0 aromatic heterocycles. The van der Waals surface area contributed by atoms with E-state index in [1.165, 1.54) is 18.2 Å². The monoisotopic (exact) mass is 221 g/mol. The van der Waals surface area contributed by atoms with Gasteiger partial charge in [0.15, 0.2) is 0 Å². The summed E-state index contributed by atoms with van der Waals surface area (Å²) in [4.78, 5) is 9.36. The molecule has 4 nitrogen and oxygen atoms in total. The minimum atomic E-state index is -1.75. The van der Waals surface area contributed by atoms with Crippen LogP contribution >= 0.6 is 23.2 Å². The first-order valence-electron chi connectivity index (χ1n) is 3.29. The zero-order valence-corrected chi connectivity index (χ0v) is 7.79. The van der Waals surface area contributed by atoms with Crippen LogP contribution in [0.25, 0.3) is 0 Å². The first kappa shape index (κ1) is 10.2. The molecule has 0 bridgehead atoms. The molecule has 0 radical (unpaired) electrons. The van der Waals surface area contributed by atoms with Crippen LogP contribution in [-0.2, 0) is 0 Å². The molecule has 1 unspecified atom stereocenters. The Morgan fingerprint density at radius 2 is 2.00 bits per heavy atom. The number of nitro groups is 1. The second-order valence-corrected chi connectivity index (χ2v) is 3.15. The van der Waals surface area contributed by atoms with Crippen LogP contribution in [0, 0.1) is 10.1 Å². The minimum Gasteiger partial charge on any atom is -0.329 e. The van der Waals surface area contributed by atoms with Crippen molar-refractivity contribution in [1.82, 2.24) is 0 Å². The Hall–Kier alpha value is -0.840. The molecule has 0 aliphatic carbocycles. The number of hydrogen-bond acceptors (Lipinski definition) is 3. The number of halogens is 2. The van der Waals surface area contributed by atoms with Crippen LogP contribution in [0.2, 0.25) is 10.0 Å². The highest BCUT2D eigenvalue weighted by Crippen LogP contribution is 2.25. The lowest BCUT2D eigenvalue weighted by Crippen LogP contribution is -2.08. The lowest BCUT2D eigenvalue weighted by molar-refractivity contribution is -0.578. The second-order valence-electron chi connectivity index (χ2n) is 2.33. The first-order valence-corrected chi connectivity index (χ1v) is 4.04. The van der Waals surface area contributed by atoms with E-state index in [1.807, 2.05) is 0 Å². The van der Waals surface area contributed by atoms with Crippen molar-refractivity contribution in [1.29, 1.82) is 0 Å². The summed E-state index contributed by atoms with van der Waals surface area (Å²) in [5, 5.41) is 19.7. The van der Waals surface area contributed by atoms with Crippen LogP contribution in [0.15, 0.2) is 18.2 Å². The van der Waals surface area contributed by atoms with Crippen LogP contribution < -0.4 is 0 Å². The molecule has 70 valence electrons. The zero-order valence-electron chi connectivity index (χ0n) is 6.28. The Kier molecular flexibility index (Phi) is 3.08. The van der Waals surface area contributed by atoms with Crippen LogP contribution in [0.3, 0.4) is 0 Å². The van der Waals surface area contributed by atoms with Gasteiger partial charge in [-0.15, -0.1) is 0 Å². The number of nitrogens with zero attached hydrogens (tertiary/aromatic N) is 1. The predicted molar refractivity (Wildman–Crippen MR) is 48.4 cm³/mol. The number of aliphatic hydroxyl groups excluding tert-OH is 1. The third-order valence-corrected chi connectivity index (χ3v) is 2.18. The summed E-state index contributed by atoms with van der Waals surface area (Å²) in [7, 11) is 0. The molecule has 1 N–H and O–H groups in total. The van der Waals surface area contributed by atoms with Gasteiger partial charge in [0.05, 0.1) is 20.5 Å². The molecule has 1 atom stereocenters. The molecule has 0 amide bonds. The molecule has 0 heterocycles. The third-order valence-electron chi connectivity index (χ3n) is 1.44. The quantitative estimate of drug-likeness (QED) is 0.474. The van der Waals surface area contributed by atoms with Gasteiger partial charge in [-0.2, -0.15) is 0 Å². The highest BCUT2D eigenvalue weighted by atomic mass is 35.5. The normalized spacial score (nSPS) is 12.5. The Morgan fingerprint density at radius 3 is 2.46 bits per heavy atom. The third kappa shape index (κ3) is 2.30. The molecule has 0 saturated heterocycles. The second kappa shape index (κ2) is 3.91. The van der Waals surface area contributed by atoms with Crippen molar-refractivity contribution in [2.75, 3.05) is 0 Å². The molecule has 0 saturated carbocycles. The molecule has 0 fully saturated rings. The largest absolute Gasteiger partial charge is 0.339 e. The van der Waals surface area contributed by atoms with Crippen molar-refractivity contribution in [3.8, 4) is 0 Å². The fourth-order valence-corrected chi connectivity index (χ4v) is 1.10. The van der Waals surface area contributed by atoms with Gasteiger partial charge in [0.1, 0.15) is 0 Å². The van der Waals surface area contributed by atoms with Crippen LogP contribution in [-0.4, -0.2) is 10.0 Å². The van der Waals surface area contributed by atoms with E-state index in [0.717, 1.165) is 0 Å². The molecule has 1 rings (SSSR count). The summed E-state index contributed by atoms with van der Waals surface area (Å²) in [5.41, 5.74) is 0.111. The van der Waals surface area contributed by atoms with E-state index in [1.54, 1.807) is 0 Å². The number of aliphatic hydroxyl groups is 1. The van der Waals surface area contributed by atoms with E-state index in [4.69, 9.17) is 28.3 Å². The summed E-state index contributed by atoms with van der Waals surface area (Å²) in [6.45, 7) is 0. The van der Waals surface area contributed by atoms with Crippen LogP contribution in [0.5, 0.6) is 0 Å². The molecule has 6 heteroatoms. The van der Waals surface area contributed by atoms with E-state index >= 15 is 0 Å². The van der Waals surface area contributed by atoms with Crippen molar-refractivity contribution < 1.29 is 10.0 Å². The number of benzene rings is 1. The Balaban J connectivity index is 3.03. The van der Waals surface area contributed by atoms with E-state index < -0.39 is 11.2 Å². The summed E-state index contributed by atoms with van der Waals surface area (Å²) in [6.07, 6.45) is -1.75. The van der Waals surface area contributed by atoms with Crippen LogP contribution in [0.1, 0.15) is 11.8 Å². The lowest BCUT2D eigenvalue weighted by Gasteiger charge is -2.03. The van der Waals surface area contributed by atoms with Crippen molar-refractivity contribution in [3.63, 3.8) is 0 Å². The maximum absolute atomic E-state index is 10.2. The number of hydrogen-bond donors (Lipinski definition) is 1. The van der Waals surface area contributed by atoms with Gasteiger partial charge in [-0.1, -0.05) is 23.2 Å². The van der Waals surface area contributed by atoms with Gasteiger partial charge >= 0.3 is 6.23 Å². The highest BCUT2D eigenvalue weighted by Gasteiger charge is 2.18. The smallest absolute Gasteiger partial charge is 0.329 e. The maximum atomic E-state index is 10.2. The topological polar surface area (TPSA) is 63.4 Å². The van der Waals surface area contributed by atoms with E-state index in [0.29, 0.717) is 5.02 Å². The van der Waals surface area contributed by atoms with Gasteiger partial charge in [0.25, 0.3) is 0 Å². The molecular weight excluding hydrogens is 217 g/mol. The molecule has 0 aliphatic rings. The van der Waals surface area contributed by atoms with Crippen LogP contribution in [0.4, 0.5) is 0 Å². The molecule has 1 aromatic carbocycles. The highest BCUT2D eigenvalue weighted by molar-refractivity contribution is 6.42. The Labute approximate surface area is 83.9 Å². The summed E-state index contributed by atoms with van der Waals surface area (Å²) in [6, 6.07) is 4.00. The van der Waals surface area contributed by atoms with Crippen molar-refractivity contribution >= 4 is 23.2 Å². The summed E-state index contributed by atoms with van der Waals surface area (Å²) in [5.74, 6) is 0. The van der Waals surface area contributed by atoms with Gasteiger partial charge in [0.2, 0.25) is 0 Å². The van der Waals surface area contributed by atoms with E-state index in [2.05, 4.69) is 0 Å². The fourth-order valence-electron chi connectivity index (χ4n) is 0.795. The maximum Gasteiger partial charge on any atom is 0.339 e. The standard InChI is InChI=1S/C7H5Cl2NO3/c8-5-2-1-4(3-6(5)9)7(11)10(12)13/h1-3,7,11H. The first-order chi connectivity index (χ1) is 6.02. The molecule has 0 aliphatic heterocycles. The Morgan fingerprint density at radius 1 is 1.38 bits per heavy atom. The molecule has 1 aromatic rings. The van der Waals surface area contributed by atoms with Gasteiger partial charge in [-0.25, -0.2) is 0 Å². The SMILES string of the molecule is O=[N+]([O-])C(O)c1ccc(Cl)c(Cl)c1. The summed E-state index contributed by atoms with van der Waals surface area (Å²) < 4.78 is 0. The van der Waals surface area contributed by atoms with E-state index in [-0.39, 0.29) is 10.6 Å². The van der Waals surface area contributed by atoms with Gasteiger partial charge in [0, 0.05) is 0 Å².